The van der Waals surface area contributed by atoms with E-state index in [9.17, 15) is 13.6 Å². The van der Waals surface area contributed by atoms with Crippen molar-refractivity contribution < 1.29 is 18.3 Å². The summed E-state index contributed by atoms with van der Waals surface area (Å²) in [7, 11) is 0. The lowest BCUT2D eigenvalue weighted by Crippen LogP contribution is -2.09. The molecule has 5 heteroatoms. The maximum Gasteiger partial charge on any atom is 0.343 e. The van der Waals surface area contributed by atoms with Gasteiger partial charge < -0.3 is 4.74 Å². The average molecular weight is 360 g/mol. The van der Waals surface area contributed by atoms with Crippen LogP contribution in [0.15, 0.2) is 42.5 Å². The minimum Gasteiger partial charge on any atom is -0.420 e. The van der Waals surface area contributed by atoms with Crippen molar-refractivity contribution in [2.45, 2.75) is 0 Å². The normalized spacial score (nSPS) is 10.2. The Balaban J connectivity index is 2.21. The second kappa shape index (κ2) is 5.43. The van der Waals surface area contributed by atoms with Gasteiger partial charge in [-0.15, -0.1) is 0 Å². The molecule has 0 unspecified atom stereocenters. The molecule has 0 N–H and O–H groups in total. The smallest absolute Gasteiger partial charge is 0.343 e. The van der Waals surface area contributed by atoms with Crippen LogP contribution in [0, 0.1) is 15.2 Å². The molecule has 18 heavy (non-hydrogen) atoms. The Kier molecular flexibility index (Phi) is 3.90. The van der Waals surface area contributed by atoms with Crippen LogP contribution >= 0.6 is 22.6 Å². The number of hydrogen-bond acceptors (Lipinski definition) is 2. The fraction of sp³-hybridized carbons (Fsp3) is 0. The Morgan fingerprint density at radius 2 is 1.72 bits per heavy atom. The molecule has 2 aromatic rings. The van der Waals surface area contributed by atoms with Gasteiger partial charge in [0.2, 0.25) is 5.82 Å². The molecule has 0 saturated heterocycles. The second-order valence-electron chi connectivity index (χ2n) is 3.45. The van der Waals surface area contributed by atoms with Crippen LogP contribution in [0.3, 0.4) is 0 Å². The summed E-state index contributed by atoms with van der Waals surface area (Å²) in [5.74, 6) is -3.37. The summed E-state index contributed by atoms with van der Waals surface area (Å²) in [6.07, 6.45) is 0. The van der Waals surface area contributed by atoms with Crippen molar-refractivity contribution in [3.05, 3.63) is 63.2 Å². The molecule has 0 aromatic heterocycles. The molecule has 0 heterocycles. The molecule has 0 atom stereocenters. The molecule has 0 spiro atoms. The zero-order valence-corrected chi connectivity index (χ0v) is 11.1. The van der Waals surface area contributed by atoms with Crippen LogP contribution in [0.5, 0.6) is 5.75 Å². The highest BCUT2D eigenvalue weighted by molar-refractivity contribution is 14.1. The van der Waals surface area contributed by atoms with Gasteiger partial charge in [-0.1, -0.05) is 6.07 Å². The molecule has 0 aliphatic rings. The lowest BCUT2D eigenvalue weighted by molar-refractivity contribution is 0.0726. The van der Waals surface area contributed by atoms with Crippen molar-refractivity contribution >= 4 is 28.6 Å². The molecule has 0 radical (unpaired) electrons. The van der Waals surface area contributed by atoms with Gasteiger partial charge in [-0.05, 0) is 59.0 Å². The van der Waals surface area contributed by atoms with Gasteiger partial charge in [-0.3, -0.25) is 0 Å². The van der Waals surface area contributed by atoms with E-state index in [1.165, 1.54) is 12.1 Å². The minimum atomic E-state index is -1.17. The van der Waals surface area contributed by atoms with Crippen LogP contribution in [0.25, 0.3) is 0 Å². The minimum absolute atomic E-state index is 0.277. The number of esters is 1. The van der Waals surface area contributed by atoms with E-state index in [0.29, 0.717) is 0 Å². The van der Waals surface area contributed by atoms with Gasteiger partial charge in [0, 0.05) is 3.57 Å². The Morgan fingerprint density at radius 3 is 2.39 bits per heavy atom. The summed E-state index contributed by atoms with van der Waals surface area (Å²) in [6, 6.07) is 9.98. The molecule has 2 aromatic carbocycles. The van der Waals surface area contributed by atoms with Crippen LogP contribution in [0.4, 0.5) is 8.78 Å². The van der Waals surface area contributed by atoms with Crippen molar-refractivity contribution in [1.82, 2.24) is 0 Å². The summed E-state index contributed by atoms with van der Waals surface area (Å²) >= 11 is 2.09. The quantitative estimate of drug-likeness (QED) is 0.463. The molecule has 0 fully saturated rings. The Labute approximate surface area is 116 Å². The van der Waals surface area contributed by atoms with Crippen molar-refractivity contribution in [3.63, 3.8) is 0 Å². The highest BCUT2D eigenvalue weighted by Gasteiger charge is 2.14. The average Bonchev–Trinajstić information content (AvgIpc) is 2.36. The maximum absolute atomic E-state index is 13.3. The zero-order valence-electron chi connectivity index (χ0n) is 8.99. The van der Waals surface area contributed by atoms with Gasteiger partial charge in [-0.2, -0.15) is 4.39 Å². The highest BCUT2D eigenvalue weighted by atomic mass is 127. The first-order valence-corrected chi connectivity index (χ1v) is 6.07. The van der Waals surface area contributed by atoms with Gasteiger partial charge >= 0.3 is 5.97 Å². The van der Waals surface area contributed by atoms with E-state index < -0.39 is 23.4 Å². The van der Waals surface area contributed by atoms with E-state index in [2.05, 4.69) is 22.6 Å². The third-order valence-electron chi connectivity index (χ3n) is 2.20. The molecule has 0 aliphatic heterocycles. The number of rotatable bonds is 2. The van der Waals surface area contributed by atoms with E-state index in [-0.39, 0.29) is 5.56 Å². The van der Waals surface area contributed by atoms with E-state index in [0.717, 1.165) is 9.64 Å². The Bertz CT molecular complexity index is 582. The lowest BCUT2D eigenvalue weighted by Gasteiger charge is -2.05. The standard InChI is InChI=1S/C13H7F2IO2/c14-10-2-1-3-11(12(10)15)18-13(17)8-4-6-9(16)7-5-8/h1-7H. The largest absolute Gasteiger partial charge is 0.420 e. The number of hydrogen-bond donors (Lipinski definition) is 0. The van der Waals surface area contributed by atoms with Gasteiger partial charge in [0.05, 0.1) is 5.56 Å². The van der Waals surface area contributed by atoms with Crippen LogP contribution < -0.4 is 4.74 Å². The topological polar surface area (TPSA) is 26.3 Å². The number of carbonyl (C=O) groups excluding carboxylic acids is 1. The summed E-state index contributed by atoms with van der Waals surface area (Å²) in [6.45, 7) is 0. The number of halogens is 3. The third-order valence-corrected chi connectivity index (χ3v) is 2.92. The van der Waals surface area contributed by atoms with Crippen LogP contribution in [-0.2, 0) is 0 Å². The predicted molar refractivity (Wildman–Crippen MR) is 70.5 cm³/mol. The van der Waals surface area contributed by atoms with Crippen LogP contribution in [0.1, 0.15) is 10.4 Å². The number of carbonyl (C=O) groups is 1. The molecular weight excluding hydrogens is 353 g/mol. The summed E-state index contributed by atoms with van der Waals surface area (Å²) in [5.41, 5.74) is 0.277. The van der Waals surface area contributed by atoms with Gasteiger partial charge in [0.15, 0.2) is 11.6 Å². The van der Waals surface area contributed by atoms with Gasteiger partial charge in [-0.25, -0.2) is 9.18 Å². The van der Waals surface area contributed by atoms with Crippen molar-refractivity contribution in [2.75, 3.05) is 0 Å². The Hall–Kier alpha value is -1.50. The molecule has 0 aliphatic carbocycles. The summed E-state index contributed by atoms with van der Waals surface area (Å²) in [5, 5.41) is 0. The maximum atomic E-state index is 13.3. The van der Waals surface area contributed by atoms with E-state index in [4.69, 9.17) is 4.74 Å². The first-order chi connectivity index (χ1) is 8.58. The van der Waals surface area contributed by atoms with Gasteiger partial charge in [0.1, 0.15) is 0 Å². The summed E-state index contributed by atoms with van der Waals surface area (Å²) < 4.78 is 32.0. The van der Waals surface area contributed by atoms with Crippen molar-refractivity contribution in [1.29, 1.82) is 0 Å². The zero-order chi connectivity index (χ0) is 13.1. The molecule has 0 saturated carbocycles. The van der Waals surface area contributed by atoms with Crippen LogP contribution in [0.2, 0.25) is 0 Å². The predicted octanol–water partition coefficient (Wildman–Crippen LogP) is 3.79. The lowest BCUT2D eigenvalue weighted by atomic mass is 10.2. The van der Waals surface area contributed by atoms with E-state index in [1.54, 1.807) is 24.3 Å². The molecule has 0 amide bonds. The fourth-order valence-electron chi connectivity index (χ4n) is 1.31. The Morgan fingerprint density at radius 1 is 1.06 bits per heavy atom. The van der Waals surface area contributed by atoms with E-state index >= 15 is 0 Å². The van der Waals surface area contributed by atoms with Gasteiger partial charge in [0.25, 0.3) is 0 Å². The first kappa shape index (κ1) is 12.9. The van der Waals surface area contributed by atoms with Crippen molar-refractivity contribution in [3.8, 4) is 5.75 Å². The van der Waals surface area contributed by atoms with E-state index in [1.807, 2.05) is 0 Å². The fourth-order valence-corrected chi connectivity index (χ4v) is 1.67. The monoisotopic (exact) mass is 360 g/mol. The summed E-state index contributed by atoms with van der Waals surface area (Å²) in [4.78, 5) is 11.7. The second-order valence-corrected chi connectivity index (χ2v) is 4.69. The molecule has 0 bridgehead atoms. The third kappa shape index (κ3) is 2.84. The molecule has 2 rings (SSSR count). The SMILES string of the molecule is O=C(Oc1cccc(F)c1F)c1ccc(I)cc1. The highest BCUT2D eigenvalue weighted by Crippen LogP contribution is 2.20. The number of benzene rings is 2. The molecular formula is C13H7F2IO2. The number of ether oxygens (including phenoxy) is 1. The first-order valence-electron chi connectivity index (χ1n) is 4.99. The molecule has 92 valence electrons. The molecule has 2 nitrogen and oxygen atoms in total. The van der Waals surface area contributed by atoms with Crippen molar-refractivity contribution in [2.24, 2.45) is 0 Å². The van der Waals surface area contributed by atoms with Crippen LogP contribution in [-0.4, -0.2) is 5.97 Å².